The Morgan fingerprint density at radius 3 is 2.69 bits per heavy atom. The Bertz CT molecular complexity index is 1060. The van der Waals surface area contributed by atoms with Gasteiger partial charge in [-0.05, 0) is 24.3 Å². The molecule has 0 unspecified atom stereocenters. The van der Waals surface area contributed by atoms with Crippen molar-refractivity contribution in [2.75, 3.05) is 33.3 Å². The van der Waals surface area contributed by atoms with E-state index in [2.05, 4.69) is 9.88 Å². The molecule has 0 atom stereocenters. The van der Waals surface area contributed by atoms with E-state index in [0.29, 0.717) is 26.2 Å². The van der Waals surface area contributed by atoms with Crippen LogP contribution in [-0.4, -0.2) is 60.9 Å². The highest BCUT2D eigenvalue weighted by atomic mass is 32.2. The minimum atomic E-state index is -3.48. The highest BCUT2D eigenvalue weighted by molar-refractivity contribution is 7.89. The molecule has 0 saturated carbocycles. The Balaban J connectivity index is 1.37. The molecule has 1 saturated heterocycles. The summed E-state index contributed by atoms with van der Waals surface area (Å²) in [4.78, 5) is 11.2. The van der Waals surface area contributed by atoms with Crippen LogP contribution < -0.4 is 4.74 Å². The Labute approximate surface area is 174 Å². The molecule has 29 heavy (non-hydrogen) atoms. The number of ether oxygens (including phenoxy) is 1. The molecule has 3 aromatic rings. The summed E-state index contributed by atoms with van der Waals surface area (Å²) in [6.07, 6.45) is 2.97. The van der Waals surface area contributed by atoms with Crippen LogP contribution in [-0.2, 0) is 16.6 Å². The zero-order valence-corrected chi connectivity index (χ0v) is 17.7. The first-order valence-corrected chi connectivity index (χ1v) is 11.6. The van der Waals surface area contributed by atoms with Crippen LogP contribution in [0.2, 0.25) is 0 Å². The summed E-state index contributed by atoms with van der Waals surface area (Å²) in [5, 5.41) is 3.07. The Kier molecular flexibility index (Phi) is 5.91. The monoisotopic (exact) mass is 430 g/mol. The summed E-state index contributed by atoms with van der Waals surface area (Å²) in [6, 6.07) is 11.1. The highest BCUT2D eigenvalue weighted by Crippen LogP contribution is 2.26. The number of thiazole rings is 1. The average molecular weight is 431 g/mol. The molecule has 0 aliphatic carbocycles. The second-order valence-corrected chi connectivity index (χ2v) is 9.61. The van der Waals surface area contributed by atoms with Gasteiger partial charge in [0.2, 0.25) is 10.0 Å². The summed E-state index contributed by atoms with van der Waals surface area (Å²) < 4.78 is 32.2. The molecular weight excluding hydrogens is 408 g/mol. The minimum absolute atomic E-state index is 0.247. The number of piperazine rings is 1. The summed E-state index contributed by atoms with van der Waals surface area (Å²) in [5.74, 6) is 0.808. The maximum atomic E-state index is 12.7. The molecule has 1 aromatic carbocycles. The molecule has 0 bridgehead atoms. The lowest BCUT2D eigenvalue weighted by Gasteiger charge is -2.33. The molecule has 4 rings (SSSR count). The quantitative estimate of drug-likeness (QED) is 0.599. The molecule has 1 aliphatic heterocycles. The van der Waals surface area contributed by atoms with E-state index in [1.54, 1.807) is 36.8 Å². The van der Waals surface area contributed by atoms with Gasteiger partial charge in [-0.25, -0.2) is 13.4 Å². The molecule has 1 aliphatic rings. The van der Waals surface area contributed by atoms with Crippen LogP contribution in [0.4, 0.5) is 0 Å². The molecule has 2 aromatic heterocycles. The van der Waals surface area contributed by atoms with Gasteiger partial charge in [0.1, 0.15) is 15.7 Å². The van der Waals surface area contributed by atoms with Crippen molar-refractivity contribution in [1.29, 1.82) is 0 Å². The predicted molar refractivity (Wildman–Crippen MR) is 112 cm³/mol. The molecular formula is C20H22N4O3S2. The number of sulfonamides is 1. The fourth-order valence-corrected chi connectivity index (χ4v) is 5.50. The smallest absolute Gasteiger partial charge is 0.244 e. The van der Waals surface area contributed by atoms with Gasteiger partial charge in [-0.1, -0.05) is 12.1 Å². The fourth-order valence-electron chi connectivity index (χ4n) is 3.27. The van der Waals surface area contributed by atoms with Crippen LogP contribution in [0.5, 0.6) is 5.75 Å². The van der Waals surface area contributed by atoms with Crippen LogP contribution in [0.15, 0.2) is 59.1 Å². The first-order chi connectivity index (χ1) is 14.1. The van der Waals surface area contributed by atoms with E-state index in [-0.39, 0.29) is 4.90 Å². The predicted octanol–water partition coefficient (Wildman–Crippen LogP) is 2.72. The topological polar surface area (TPSA) is 75.6 Å². The van der Waals surface area contributed by atoms with Gasteiger partial charge in [0.25, 0.3) is 0 Å². The average Bonchev–Trinajstić information content (AvgIpc) is 3.23. The lowest BCUT2D eigenvalue weighted by molar-refractivity contribution is 0.181. The Hall–Kier alpha value is -2.33. The molecule has 0 radical (unpaired) electrons. The van der Waals surface area contributed by atoms with Crippen LogP contribution >= 0.6 is 11.3 Å². The first-order valence-electron chi connectivity index (χ1n) is 9.27. The second-order valence-electron chi connectivity index (χ2n) is 6.73. The SMILES string of the molecule is COc1cccc(-c2csc(CN3CCN(S(=O)(=O)c4cccnc4)CC3)n2)c1. The van der Waals surface area contributed by atoms with Crippen molar-refractivity contribution in [3.05, 3.63) is 59.2 Å². The Morgan fingerprint density at radius 1 is 1.14 bits per heavy atom. The second kappa shape index (κ2) is 8.58. The molecule has 0 N–H and O–H groups in total. The number of aromatic nitrogens is 2. The molecule has 9 heteroatoms. The number of nitrogens with zero attached hydrogens (tertiary/aromatic N) is 4. The normalized spacial score (nSPS) is 16.0. The summed E-state index contributed by atoms with van der Waals surface area (Å²) in [7, 11) is -1.83. The third-order valence-electron chi connectivity index (χ3n) is 4.88. The van der Waals surface area contributed by atoms with E-state index in [0.717, 1.165) is 28.6 Å². The van der Waals surface area contributed by atoms with Crippen molar-refractivity contribution < 1.29 is 13.2 Å². The van der Waals surface area contributed by atoms with Gasteiger partial charge < -0.3 is 4.74 Å². The van der Waals surface area contributed by atoms with Gasteiger partial charge >= 0.3 is 0 Å². The molecule has 3 heterocycles. The summed E-state index contributed by atoms with van der Waals surface area (Å²) >= 11 is 1.62. The van der Waals surface area contributed by atoms with Crippen molar-refractivity contribution in [3.8, 4) is 17.0 Å². The number of hydrogen-bond acceptors (Lipinski definition) is 7. The van der Waals surface area contributed by atoms with E-state index in [1.165, 1.54) is 10.5 Å². The number of pyridine rings is 1. The highest BCUT2D eigenvalue weighted by Gasteiger charge is 2.28. The van der Waals surface area contributed by atoms with Crippen LogP contribution in [0, 0.1) is 0 Å². The number of hydrogen-bond donors (Lipinski definition) is 0. The van der Waals surface area contributed by atoms with Gasteiger partial charge in [0, 0.05) is 49.5 Å². The van der Waals surface area contributed by atoms with Gasteiger partial charge in [0.05, 0.1) is 19.3 Å². The van der Waals surface area contributed by atoms with Gasteiger partial charge in [-0.3, -0.25) is 9.88 Å². The van der Waals surface area contributed by atoms with Crippen molar-refractivity contribution >= 4 is 21.4 Å². The van der Waals surface area contributed by atoms with Gasteiger partial charge in [-0.15, -0.1) is 11.3 Å². The van der Waals surface area contributed by atoms with E-state index in [9.17, 15) is 8.42 Å². The zero-order valence-electron chi connectivity index (χ0n) is 16.1. The maximum Gasteiger partial charge on any atom is 0.244 e. The van der Waals surface area contributed by atoms with E-state index in [1.807, 2.05) is 29.6 Å². The van der Waals surface area contributed by atoms with Gasteiger partial charge in [-0.2, -0.15) is 4.31 Å². The third kappa shape index (κ3) is 4.48. The van der Waals surface area contributed by atoms with Crippen LogP contribution in [0.3, 0.4) is 0 Å². The molecule has 1 fully saturated rings. The Morgan fingerprint density at radius 2 is 1.97 bits per heavy atom. The van der Waals surface area contributed by atoms with Gasteiger partial charge in [0.15, 0.2) is 0 Å². The number of benzene rings is 1. The number of methoxy groups -OCH3 is 1. The first kappa shape index (κ1) is 20.0. The van der Waals surface area contributed by atoms with Crippen molar-refractivity contribution in [3.63, 3.8) is 0 Å². The largest absolute Gasteiger partial charge is 0.497 e. The minimum Gasteiger partial charge on any atom is -0.497 e. The molecule has 152 valence electrons. The maximum absolute atomic E-state index is 12.7. The van der Waals surface area contributed by atoms with Crippen LogP contribution in [0.1, 0.15) is 5.01 Å². The zero-order chi connectivity index (χ0) is 20.3. The standard InChI is InChI=1S/C20H22N4O3S2/c1-27-17-5-2-4-16(12-17)19-15-28-20(22-19)14-23-8-10-24(11-9-23)29(25,26)18-6-3-7-21-13-18/h2-7,12-13,15H,8-11,14H2,1H3. The third-order valence-corrected chi connectivity index (χ3v) is 7.60. The van der Waals surface area contributed by atoms with E-state index < -0.39 is 10.0 Å². The van der Waals surface area contributed by atoms with E-state index >= 15 is 0 Å². The molecule has 0 amide bonds. The van der Waals surface area contributed by atoms with Crippen molar-refractivity contribution in [1.82, 2.24) is 19.2 Å². The number of rotatable bonds is 6. The molecule has 7 nitrogen and oxygen atoms in total. The van der Waals surface area contributed by atoms with Crippen molar-refractivity contribution in [2.24, 2.45) is 0 Å². The summed E-state index contributed by atoms with van der Waals surface area (Å²) in [6.45, 7) is 2.99. The fraction of sp³-hybridized carbons (Fsp3) is 0.300. The van der Waals surface area contributed by atoms with E-state index in [4.69, 9.17) is 9.72 Å². The van der Waals surface area contributed by atoms with Crippen LogP contribution in [0.25, 0.3) is 11.3 Å². The van der Waals surface area contributed by atoms with Crippen molar-refractivity contribution in [2.45, 2.75) is 11.4 Å². The summed E-state index contributed by atoms with van der Waals surface area (Å²) in [5.41, 5.74) is 1.96. The lowest BCUT2D eigenvalue weighted by atomic mass is 10.2. The lowest BCUT2D eigenvalue weighted by Crippen LogP contribution is -2.48. The molecule has 0 spiro atoms.